The molecule has 0 saturated heterocycles. The van der Waals surface area contributed by atoms with E-state index in [1.807, 2.05) is 6.07 Å². The fourth-order valence-electron chi connectivity index (χ4n) is 4.12. The van der Waals surface area contributed by atoms with E-state index < -0.39 is 0 Å². The first-order valence-corrected chi connectivity index (χ1v) is 11.7. The highest BCUT2D eigenvalue weighted by molar-refractivity contribution is 7.11. The van der Waals surface area contributed by atoms with E-state index in [0.29, 0.717) is 5.56 Å². The summed E-state index contributed by atoms with van der Waals surface area (Å²) in [5.41, 5.74) is 2.66. The standard InChI is InChI=1S/C22H18ClN3OS2/c23-21-17(8-2-10-24-21)22(27)26-20(18-9-4-12-29-18)16-7-1-5-14(19(16)25-26)13-15-6-3-11-28-15/h2-4,6,8-13,16,20H,1,5,7H2/b14-13+. The molecule has 4 heterocycles. The van der Waals surface area contributed by atoms with Gasteiger partial charge in [0.25, 0.3) is 5.91 Å². The molecule has 1 aliphatic heterocycles. The minimum Gasteiger partial charge on any atom is -0.267 e. The number of rotatable bonds is 3. The van der Waals surface area contributed by atoms with Crippen molar-refractivity contribution >= 4 is 52.0 Å². The van der Waals surface area contributed by atoms with Crippen LogP contribution >= 0.6 is 34.3 Å². The maximum atomic E-state index is 13.4. The van der Waals surface area contributed by atoms with Crippen LogP contribution in [-0.2, 0) is 0 Å². The van der Waals surface area contributed by atoms with E-state index in [2.05, 4.69) is 40.0 Å². The summed E-state index contributed by atoms with van der Waals surface area (Å²) in [7, 11) is 0. The normalized spacial score (nSPS) is 22.6. The summed E-state index contributed by atoms with van der Waals surface area (Å²) in [6, 6.07) is 11.7. The molecule has 0 spiro atoms. The summed E-state index contributed by atoms with van der Waals surface area (Å²) in [5, 5.41) is 10.9. The summed E-state index contributed by atoms with van der Waals surface area (Å²) in [6.45, 7) is 0. The molecular weight excluding hydrogens is 422 g/mol. The zero-order valence-corrected chi connectivity index (χ0v) is 17.9. The number of carbonyl (C=O) groups is 1. The Labute approximate surface area is 182 Å². The van der Waals surface area contributed by atoms with Crippen molar-refractivity contribution in [1.82, 2.24) is 9.99 Å². The van der Waals surface area contributed by atoms with Gasteiger partial charge in [0.05, 0.1) is 17.3 Å². The second-order valence-corrected chi connectivity index (χ2v) is 9.44. The number of pyridine rings is 1. The average molecular weight is 440 g/mol. The Morgan fingerprint density at radius 2 is 2.03 bits per heavy atom. The van der Waals surface area contributed by atoms with E-state index in [0.717, 1.165) is 29.9 Å². The molecule has 5 rings (SSSR count). The third kappa shape index (κ3) is 3.45. The molecule has 1 amide bonds. The SMILES string of the molecule is O=C(c1cccnc1Cl)N1N=C2/C(=C/c3cccs3)CCCC2C1c1cccs1. The number of hydrogen-bond acceptors (Lipinski definition) is 5. The van der Waals surface area contributed by atoms with E-state index in [4.69, 9.17) is 16.7 Å². The lowest BCUT2D eigenvalue weighted by Crippen LogP contribution is -2.31. The fraction of sp³-hybridized carbons (Fsp3) is 0.227. The summed E-state index contributed by atoms with van der Waals surface area (Å²) in [6.07, 6.45) is 6.92. The van der Waals surface area contributed by atoms with Crippen molar-refractivity contribution in [2.75, 3.05) is 0 Å². The molecule has 7 heteroatoms. The van der Waals surface area contributed by atoms with Crippen LogP contribution in [0.5, 0.6) is 0 Å². The highest BCUT2D eigenvalue weighted by atomic mass is 35.5. The van der Waals surface area contributed by atoms with Crippen molar-refractivity contribution in [1.29, 1.82) is 0 Å². The molecule has 0 bridgehead atoms. The van der Waals surface area contributed by atoms with Gasteiger partial charge >= 0.3 is 0 Å². The first-order valence-electron chi connectivity index (χ1n) is 9.53. The Morgan fingerprint density at radius 3 is 2.79 bits per heavy atom. The fourth-order valence-corrected chi connectivity index (χ4v) is 5.88. The second kappa shape index (κ2) is 7.86. The molecule has 3 aromatic heterocycles. The summed E-state index contributed by atoms with van der Waals surface area (Å²) >= 11 is 9.62. The molecule has 146 valence electrons. The second-order valence-electron chi connectivity index (χ2n) is 7.12. The van der Waals surface area contributed by atoms with Gasteiger partial charge in [-0.05, 0) is 65.9 Å². The van der Waals surface area contributed by atoms with Crippen molar-refractivity contribution in [2.24, 2.45) is 11.0 Å². The lowest BCUT2D eigenvalue weighted by Gasteiger charge is -2.28. The monoisotopic (exact) mass is 439 g/mol. The van der Waals surface area contributed by atoms with Gasteiger partial charge in [-0.1, -0.05) is 23.7 Å². The number of hydrogen-bond donors (Lipinski definition) is 0. The molecule has 0 aromatic carbocycles. The van der Waals surface area contributed by atoms with Crippen molar-refractivity contribution in [3.05, 3.63) is 79.4 Å². The van der Waals surface area contributed by atoms with Gasteiger partial charge < -0.3 is 0 Å². The van der Waals surface area contributed by atoms with Gasteiger partial charge in [-0.25, -0.2) is 9.99 Å². The van der Waals surface area contributed by atoms with Crippen molar-refractivity contribution in [2.45, 2.75) is 25.3 Å². The van der Waals surface area contributed by atoms with Gasteiger partial charge in [-0.15, -0.1) is 22.7 Å². The van der Waals surface area contributed by atoms with Crippen LogP contribution in [0.2, 0.25) is 5.15 Å². The van der Waals surface area contributed by atoms with Crippen LogP contribution in [0.1, 0.15) is 45.4 Å². The van der Waals surface area contributed by atoms with Gasteiger partial charge in [-0.3, -0.25) is 4.79 Å². The molecule has 29 heavy (non-hydrogen) atoms. The van der Waals surface area contributed by atoms with Crippen LogP contribution < -0.4 is 0 Å². The molecule has 2 aliphatic rings. The predicted molar refractivity (Wildman–Crippen MR) is 120 cm³/mol. The van der Waals surface area contributed by atoms with Crippen molar-refractivity contribution in [3.8, 4) is 0 Å². The molecule has 1 fully saturated rings. The Hall–Kier alpha value is -2.28. The van der Waals surface area contributed by atoms with E-state index in [1.165, 1.54) is 10.5 Å². The molecule has 4 nitrogen and oxygen atoms in total. The number of hydrazone groups is 1. The van der Waals surface area contributed by atoms with Crippen LogP contribution in [0, 0.1) is 5.92 Å². The highest BCUT2D eigenvalue weighted by Crippen LogP contribution is 2.46. The average Bonchev–Trinajstić information content (AvgIpc) is 3.48. The molecule has 2 unspecified atom stereocenters. The van der Waals surface area contributed by atoms with Gasteiger partial charge in [0.2, 0.25) is 0 Å². The molecule has 1 saturated carbocycles. The van der Waals surface area contributed by atoms with Crippen LogP contribution in [0.3, 0.4) is 0 Å². The van der Waals surface area contributed by atoms with Crippen LogP contribution in [-0.4, -0.2) is 21.6 Å². The first kappa shape index (κ1) is 18.7. The Morgan fingerprint density at radius 1 is 1.17 bits per heavy atom. The van der Waals surface area contributed by atoms with Crippen LogP contribution in [0.25, 0.3) is 6.08 Å². The third-order valence-electron chi connectivity index (χ3n) is 5.39. The topological polar surface area (TPSA) is 45.6 Å². The minimum absolute atomic E-state index is 0.0965. The minimum atomic E-state index is -0.195. The number of aromatic nitrogens is 1. The number of allylic oxidation sites excluding steroid dienone is 1. The molecule has 1 aliphatic carbocycles. The zero-order chi connectivity index (χ0) is 19.8. The number of thiophene rings is 2. The molecule has 0 radical (unpaired) electrons. The molecule has 2 atom stereocenters. The lowest BCUT2D eigenvalue weighted by molar-refractivity contribution is 0.0684. The van der Waals surface area contributed by atoms with E-state index in [-0.39, 0.29) is 23.0 Å². The number of nitrogens with zero attached hydrogens (tertiary/aromatic N) is 3. The Kier molecular flexibility index (Phi) is 5.08. The maximum absolute atomic E-state index is 13.4. The maximum Gasteiger partial charge on any atom is 0.277 e. The van der Waals surface area contributed by atoms with E-state index in [9.17, 15) is 4.79 Å². The van der Waals surface area contributed by atoms with Crippen molar-refractivity contribution < 1.29 is 4.79 Å². The summed E-state index contributed by atoms with van der Waals surface area (Å²) in [5.74, 6) is 0.00637. The molecule has 0 N–H and O–H groups in total. The largest absolute Gasteiger partial charge is 0.277 e. The van der Waals surface area contributed by atoms with E-state index in [1.54, 1.807) is 46.0 Å². The van der Waals surface area contributed by atoms with E-state index >= 15 is 0 Å². The van der Waals surface area contributed by atoms with Gasteiger partial charge in [0, 0.05) is 21.9 Å². The van der Waals surface area contributed by atoms with Gasteiger partial charge in [0.1, 0.15) is 5.15 Å². The van der Waals surface area contributed by atoms with Crippen molar-refractivity contribution in [3.63, 3.8) is 0 Å². The lowest BCUT2D eigenvalue weighted by atomic mass is 9.79. The van der Waals surface area contributed by atoms with Gasteiger partial charge in [-0.2, -0.15) is 5.10 Å². The number of amides is 1. The third-order valence-corrected chi connectivity index (χ3v) is 7.46. The van der Waals surface area contributed by atoms with Crippen LogP contribution in [0.15, 0.2) is 64.0 Å². The highest BCUT2D eigenvalue weighted by Gasteiger charge is 2.44. The summed E-state index contributed by atoms with van der Waals surface area (Å²) < 4.78 is 0. The number of carbonyl (C=O) groups excluding carboxylic acids is 1. The smallest absolute Gasteiger partial charge is 0.267 e. The Bertz CT molecular complexity index is 1090. The zero-order valence-electron chi connectivity index (χ0n) is 15.5. The number of halogens is 1. The number of fused-ring (bicyclic) bond motifs is 1. The first-order chi connectivity index (χ1) is 14.2. The van der Waals surface area contributed by atoms with Crippen LogP contribution in [0.4, 0.5) is 0 Å². The van der Waals surface area contributed by atoms with Gasteiger partial charge in [0.15, 0.2) is 0 Å². The summed E-state index contributed by atoms with van der Waals surface area (Å²) in [4.78, 5) is 19.9. The predicted octanol–water partition coefficient (Wildman–Crippen LogP) is 6.29. The Balaban J connectivity index is 1.59. The molecule has 3 aromatic rings. The quantitative estimate of drug-likeness (QED) is 0.450. The molecular formula is C22H18ClN3OS2.